The normalized spacial score (nSPS) is 35.2. The number of esters is 1. The highest BCUT2D eigenvalue weighted by atomic mass is 16.8. The first-order valence-corrected chi connectivity index (χ1v) is 6.37. The zero-order valence-corrected chi connectivity index (χ0v) is 11.2. The summed E-state index contributed by atoms with van der Waals surface area (Å²) >= 11 is 0. The summed E-state index contributed by atoms with van der Waals surface area (Å²) in [6.45, 7) is 0. The van der Waals surface area contributed by atoms with Gasteiger partial charge in [0.25, 0.3) is 0 Å². The van der Waals surface area contributed by atoms with Crippen LogP contribution in [0.4, 0.5) is 0 Å². The Morgan fingerprint density at radius 2 is 1.80 bits per heavy atom. The molecule has 0 aromatic heterocycles. The largest absolute Gasteiger partial charge is 0.450 e. The lowest BCUT2D eigenvalue weighted by atomic mass is 10.1. The molecule has 2 aliphatic rings. The van der Waals surface area contributed by atoms with Crippen LogP contribution in [0.5, 0.6) is 0 Å². The van der Waals surface area contributed by atoms with Crippen molar-refractivity contribution in [1.82, 2.24) is 0 Å². The first-order chi connectivity index (χ1) is 9.74. The smallest absolute Gasteiger partial charge is 0.338 e. The maximum absolute atomic E-state index is 12.1. The van der Waals surface area contributed by atoms with Crippen LogP contribution >= 0.6 is 0 Å². The van der Waals surface area contributed by atoms with Crippen LogP contribution in [-0.4, -0.2) is 51.1 Å². The van der Waals surface area contributed by atoms with Crippen molar-refractivity contribution in [3.8, 4) is 0 Å². The molecular formula is C14H16O6. The summed E-state index contributed by atoms with van der Waals surface area (Å²) < 4.78 is 27.0. The van der Waals surface area contributed by atoms with Crippen LogP contribution < -0.4 is 0 Å². The third-order valence-electron chi connectivity index (χ3n) is 3.50. The minimum atomic E-state index is -0.650. The van der Waals surface area contributed by atoms with Gasteiger partial charge in [-0.3, -0.25) is 0 Å². The second kappa shape index (κ2) is 5.49. The molecule has 1 aromatic rings. The van der Waals surface area contributed by atoms with Crippen molar-refractivity contribution in [3.05, 3.63) is 35.9 Å². The predicted molar refractivity (Wildman–Crippen MR) is 67.0 cm³/mol. The zero-order chi connectivity index (χ0) is 14.1. The fourth-order valence-corrected chi connectivity index (χ4v) is 2.54. The number of benzene rings is 1. The summed E-state index contributed by atoms with van der Waals surface area (Å²) in [6, 6.07) is 8.77. The molecule has 5 atom stereocenters. The number of carbonyl (C=O) groups excluding carboxylic acids is 1. The highest BCUT2D eigenvalue weighted by Crippen LogP contribution is 2.37. The molecule has 0 radical (unpaired) electrons. The number of hydrogen-bond donors (Lipinski definition) is 0. The average molecular weight is 280 g/mol. The Labute approximate surface area is 116 Å². The van der Waals surface area contributed by atoms with Gasteiger partial charge in [0.1, 0.15) is 12.2 Å². The van der Waals surface area contributed by atoms with Gasteiger partial charge >= 0.3 is 5.97 Å². The maximum atomic E-state index is 12.1. The van der Waals surface area contributed by atoms with E-state index in [-0.39, 0.29) is 6.10 Å². The second-order valence-corrected chi connectivity index (χ2v) is 4.65. The second-order valence-electron chi connectivity index (χ2n) is 4.65. The molecule has 20 heavy (non-hydrogen) atoms. The summed E-state index contributed by atoms with van der Waals surface area (Å²) in [4.78, 5) is 12.1. The Hall–Kier alpha value is -1.47. The van der Waals surface area contributed by atoms with Gasteiger partial charge in [0, 0.05) is 14.2 Å². The first-order valence-electron chi connectivity index (χ1n) is 6.37. The molecule has 6 heteroatoms. The van der Waals surface area contributed by atoms with E-state index in [0.717, 1.165) is 0 Å². The van der Waals surface area contributed by atoms with Gasteiger partial charge in [-0.15, -0.1) is 0 Å². The van der Waals surface area contributed by atoms with Crippen LogP contribution in [0.25, 0.3) is 0 Å². The molecule has 0 amide bonds. The van der Waals surface area contributed by atoms with Gasteiger partial charge in [-0.2, -0.15) is 0 Å². The molecule has 1 aromatic carbocycles. The van der Waals surface area contributed by atoms with Crippen molar-refractivity contribution < 1.29 is 28.5 Å². The SMILES string of the molecule is CO[C@@H]1O[C@H]2O[C@@H]1[C@H](OC)[C@H]2OC(=O)c1ccccc1. The number of fused-ring (bicyclic) bond motifs is 2. The van der Waals surface area contributed by atoms with Crippen LogP contribution in [0.1, 0.15) is 10.4 Å². The molecule has 0 aliphatic carbocycles. The third kappa shape index (κ3) is 2.20. The number of hydrogen-bond acceptors (Lipinski definition) is 6. The molecule has 0 unspecified atom stereocenters. The summed E-state index contributed by atoms with van der Waals surface area (Å²) in [6.07, 6.45) is -2.52. The van der Waals surface area contributed by atoms with Crippen molar-refractivity contribution in [1.29, 1.82) is 0 Å². The lowest BCUT2D eigenvalue weighted by Gasteiger charge is -2.30. The van der Waals surface area contributed by atoms with Gasteiger partial charge in [0.05, 0.1) is 5.56 Å². The van der Waals surface area contributed by atoms with Crippen molar-refractivity contribution >= 4 is 5.97 Å². The summed E-state index contributed by atoms with van der Waals surface area (Å²) in [5, 5.41) is 0. The Morgan fingerprint density at radius 3 is 2.45 bits per heavy atom. The van der Waals surface area contributed by atoms with Crippen LogP contribution in [0.2, 0.25) is 0 Å². The van der Waals surface area contributed by atoms with Crippen LogP contribution in [0, 0.1) is 0 Å². The number of rotatable bonds is 4. The van der Waals surface area contributed by atoms with E-state index < -0.39 is 30.8 Å². The molecular weight excluding hydrogens is 264 g/mol. The number of ether oxygens (including phenoxy) is 5. The standard InChI is InChI=1S/C14H16O6/c1-16-9-10-13(17-2)20-14(19-10)11(9)18-12(15)8-6-4-3-5-7-8/h3-7,9-11,13-14H,1-2H3/t9-,10+,11+,13+,14+/m0/s1. The molecule has 6 nitrogen and oxygen atoms in total. The minimum absolute atomic E-state index is 0.386. The van der Waals surface area contributed by atoms with Crippen molar-refractivity contribution in [2.75, 3.05) is 14.2 Å². The van der Waals surface area contributed by atoms with E-state index in [0.29, 0.717) is 5.56 Å². The van der Waals surface area contributed by atoms with Crippen molar-refractivity contribution in [2.24, 2.45) is 0 Å². The Morgan fingerprint density at radius 1 is 1.05 bits per heavy atom. The van der Waals surface area contributed by atoms with Crippen molar-refractivity contribution in [2.45, 2.75) is 30.9 Å². The molecule has 2 saturated heterocycles. The summed E-state index contributed by atoms with van der Waals surface area (Å²) in [5.74, 6) is -0.425. The van der Waals surface area contributed by atoms with E-state index in [1.165, 1.54) is 7.11 Å². The Bertz CT molecular complexity index is 476. The van der Waals surface area contributed by atoms with E-state index in [2.05, 4.69) is 0 Å². The highest BCUT2D eigenvalue weighted by Gasteiger charge is 2.58. The Kier molecular flexibility index (Phi) is 3.71. The Balaban J connectivity index is 1.71. The molecule has 0 spiro atoms. The molecule has 3 rings (SSSR count). The third-order valence-corrected chi connectivity index (χ3v) is 3.50. The number of methoxy groups -OCH3 is 2. The minimum Gasteiger partial charge on any atom is -0.450 e. The van der Waals surface area contributed by atoms with Crippen LogP contribution in [-0.2, 0) is 23.7 Å². The van der Waals surface area contributed by atoms with E-state index >= 15 is 0 Å². The van der Waals surface area contributed by atoms with Gasteiger partial charge in [-0.25, -0.2) is 4.79 Å². The highest BCUT2D eigenvalue weighted by molar-refractivity contribution is 5.89. The molecule has 2 bridgehead atoms. The quantitative estimate of drug-likeness (QED) is 0.765. The van der Waals surface area contributed by atoms with Gasteiger partial charge < -0.3 is 23.7 Å². The summed E-state index contributed by atoms with van der Waals surface area (Å²) in [7, 11) is 3.08. The van der Waals surface area contributed by atoms with Gasteiger partial charge in [-0.1, -0.05) is 18.2 Å². The fraction of sp³-hybridized carbons (Fsp3) is 0.500. The van der Waals surface area contributed by atoms with Gasteiger partial charge in [0.2, 0.25) is 6.29 Å². The molecule has 2 heterocycles. The van der Waals surface area contributed by atoms with Crippen LogP contribution in [0.15, 0.2) is 30.3 Å². The summed E-state index contributed by atoms with van der Waals surface area (Å²) in [5.41, 5.74) is 0.480. The average Bonchev–Trinajstić information content (AvgIpc) is 3.05. The zero-order valence-electron chi connectivity index (χ0n) is 11.2. The van der Waals surface area contributed by atoms with Crippen molar-refractivity contribution in [3.63, 3.8) is 0 Å². The first kappa shape index (κ1) is 13.5. The van der Waals surface area contributed by atoms with Gasteiger partial charge in [0.15, 0.2) is 12.4 Å². The van der Waals surface area contributed by atoms with Crippen LogP contribution in [0.3, 0.4) is 0 Å². The monoisotopic (exact) mass is 280 g/mol. The molecule has 0 N–H and O–H groups in total. The maximum Gasteiger partial charge on any atom is 0.338 e. The van der Waals surface area contributed by atoms with E-state index in [1.54, 1.807) is 31.4 Å². The van der Waals surface area contributed by atoms with E-state index in [1.807, 2.05) is 6.07 Å². The molecule has 2 fully saturated rings. The van der Waals surface area contributed by atoms with E-state index in [4.69, 9.17) is 23.7 Å². The van der Waals surface area contributed by atoms with Gasteiger partial charge in [-0.05, 0) is 12.1 Å². The molecule has 108 valence electrons. The molecule has 0 saturated carbocycles. The lowest BCUT2D eigenvalue weighted by Crippen LogP contribution is -2.49. The molecule has 2 aliphatic heterocycles. The number of carbonyl (C=O) groups is 1. The van der Waals surface area contributed by atoms with E-state index in [9.17, 15) is 4.79 Å². The fourth-order valence-electron chi connectivity index (χ4n) is 2.54. The lowest BCUT2D eigenvalue weighted by molar-refractivity contribution is -0.206. The topological polar surface area (TPSA) is 63.2 Å². The predicted octanol–water partition coefficient (Wildman–Crippen LogP) is 0.955.